The van der Waals surface area contributed by atoms with Gasteiger partial charge in [-0.25, -0.2) is 0 Å². The number of nitrogens with one attached hydrogen (secondary N) is 1. The molecule has 2 rings (SSSR count). The fourth-order valence-corrected chi connectivity index (χ4v) is 2.08. The van der Waals surface area contributed by atoms with Crippen LogP contribution in [0.25, 0.3) is 10.9 Å². The Balaban J connectivity index is 2.40. The fourth-order valence-electron chi connectivity index (χ4n) is 2.08. The summed E-state index contributed by atoms with van der Waals surface area (Å²) in [4.78, 5) is 0. The van der Waals surface area contributed by atoms with Gasteiger partial charge in [0.2, 0.25) is 0 Å². The molecule has 2 aromatic rings. The summed E-state index contributed by atoms with van der Waals surface area (Å²) in [7, 11) is 1.96. The second-order valence-corrected chi connectivity index (χ2v) is 3.97. The summed E-state index contributed by atoms with van der Waals surface area (Å²) in [5, 5.41) is 13.4. The highest BCUT2D eigenvalue weighted by Gasteiger charge is 2.06. The maximum Gasteiger partial charge on any atom is 0.0483 e. The highest BCUT2D eigenvalue weighted by Crippen LogP contribution is 2.21. The van der Waals surface area contributed by atoms with Gasteiger partial charge in [-0.1, -0.05) is 18.2 Å². The van der Waals surface area contributed by atoms with Gasteiger partial charge in [-0.15, -0.1) is 0 Å². The number of aromatic nitrogens is 1. The molecule has 0 aliphatic carbocycles. The first-order valence-corrected chi connectivity index (χ1v) is 5.69. The highest BCUT2D eigenvalue weighted by atomic mass is 16.3. The van der Waals surface area contributed by atoms with Crippen LogP contribution in [-0.4, -0.2) is 23.3 Å². The summed E-state index contributed by atoms with van der Waals surface area (Å²) in [6, 6.07) is 8.40. The van der Waals surface area contributed by atoms with E-state index in [1.807, 2.05) is 7.05 Å². The molecule has 1 heterocycles. The lowest BCUT2D eigenvalue weighted by atomic mass is 10.2. The molecular weight excluding hydrogens is 200 g/mol. The van der Waals surface area contributed by atoms with E-state index in [0.29, 0.717) is 0 Å². The van der Waals surface area contributed by atoms with E-state index in [4.69, 9.17) is 5.11 Å². The van der Waals surface area contributed by atoms with Gasteiger partial charge in [0.1, 0.15) is 0 Å². The Labute approximate surface area is 95.7 Å². The van der Waals surface area contributed by atoms with E-state index in [2.05, 4.69) is 40.3 Å². The van der Waals surface area contributed by atoms with Gasteiger partial charge < -0.3 is 15.0 Å². The monoisotopic (exact) mass is 218 g/mol. The van der Waals surface area contributed by atoms with Crippen molar-refractivity contribution in [1.29, 1.82) is 0 Å². The van der Waals surface area contributed by atoms with Crippen LogP contribution in [0, 0.1) is 0 Å². The summed E-state index contributed by atoms with van der Waals surface area (Å²) in [6.07, 6.45) is 2.98. The normalized spacial score (nSPS) is 11.1. The van der Waals surface area contributed by atoms with Crippen molar-refractivity contribution in [2.45, 2.75) is 19.5 Å². The molecule has 0 spiro atoms. The topological polar surface area (TPSA) is 37.2 Å². The molecule has 0 aliphatic heterocycles. The third-order valence-electron chi connectivity index (χ3n) is 2.80. The molecule has 0 aliphatic rings. The second-order valence-electron chi connectivity index (χ2n) is 3.97. The van der Waals surface area contributed by atoms with Crippen molar-refractivity contribution in [1.82, 2.24) is 9.88 Å². The molecule has 0 fully saturated rings. The SMILES string of the molecule is CNCc1cn(CCCO)c2ccccc12. The maximum atomic E-state index is 8.88. The third-order valence-corrected chi connectivity index (χ3v) is 2.80. The lowest BCUT2D eigenvalue weighted by Gasteiger charge is -2.02. The van der Waals surface area contributed by atoms with E-state index in [1.54, 1.807) is 0 Å². The maximum absolute atomic E-state index is 8.88. The first-order chi connectivity index (χ1) is 7.86. The van der Waals surface area contributed by atoms with Crippen LogP contribution < -0.4 is 5.32 Å². The van der Waals surface area contributed by atoms with Crippen LogP contribution in [0.3, 0.4) is 0 Å². The summed E-state index contributed by atoms with van der Waals surface area (Å²) in [5.41, 5.74) is 2.57. The van der Waals surface area contributed by atoms with Crippen molar-refractivity contribution in [2.75, 3.05) is 13.7 Å². The molecule has 0 atom stereocenters. The Bertz CT molecular complexity index is 462. The zero-order valence-corrected chi connectivity index (χ0v) is 9.61. The zero-order chi connectivity index (χ0) is 11.4. The molecule has 0 radical (unpaired) electrons. The Hall–Kier alpha value is -1.32. The molecular formula is C13H18N2O. The summed E-state index contributed by atoms with van der Waals surface area (Å²) >= 11 is 0. The predicted octanol–water partition coefficient (Wildman–Crippen LogP) is 1.74. The van der Waals surface area contributed by atoms with Gasteiger partial charge in [-0.3, -0.25) is 0 Å². The smallest absolute Gasteiger partial charge is 0.0483 e. The van der Waals surface area contributed by atoms with E-state index in [-0.39, 0.29) is 6.61 Å². The number of hydrogen-bond donors (Lipinski definition) is 2. The summed E-state index contributed by atoms with van der Waals surface area (Å²) in [6.45, 7) is 2.00. The van der Waals surface area contributed by atoms with Gasteiger partial charge in [0, 0.05) is 36.8 Å². The number of rotatable bonds is 5. The lowest BCUT2D eigenvalue weighted by Crippen LogP contribution is -2.04. The van der Waals surface area contributed by atoms with Crippen molar-refractivity contribution < 1.29 is 5.11 Å². The Morgan fingerprint density at radius 3 is 2.88 bits per heavy atom. The average Bonchev–Trinajstić information content (AvgIpc) is 2.66. The number of hydrogen-bond acceptors (Lipinski definition) is 2. The van der Waals surface area contributed by atoms with Crippen LogP contribution in [-0.2, 0) is 13.1 Å². The molecule has 1 aromatic carbocycles. The summed E-state index contributed by atoms with van der Waals surface area (Å²) in [5.74, 6) is 0. The number of nitrogens with zero attached hydrogens (tertiary/aromatic N) is 1. The van der Waals surface area contributed by atoms with Gasteiger partial charge in [0.05, 0.1) is 0 Å². The second kappa shape index (κ2) is 5.14. The Kier molecular flexibility index (Phi) is 3.59. The lowest BCUT2D eigenvalue weighted by molar-refractivity contribution is 0.280. The van der Waals surface area contributed by atoms with Gasteiger partial charge in [0.25, 0.3) is 0 Å². The molecule has 0 saturated carbocycles. The van der Waals surface area contributed by atoms with Crippen LogP contribution in [0.1, 0.15) is 12.0 Å². The van der Waals surface area contributed by atoms with Gasteiger partial charge in [-0.05, 0) is 25.1 Å². The number of aryl methyl sites for hydroxylation is 1. The van der Waals surface area contributed by atoms with E-state index in [9.17, 15) is 0 Å². The molecule has 2 N–H and O–H groups in total. The third kappa shape index (κ3) is 2.10. The quantitative estimate of drug-likeness (QED) is 0.802. The standard InChI is InChI=1S/C13H18N2O/c1-14-9-11-10-15(7-4-8-16)13-6-3-2-5-12(11)13/h2-3,5-6,10,14,16H,4,7-9H2,1H3. The Morgan fingerprint density at radius 2 is 2.12 bits per heavy atom. The average molecular weight is 218 g/mol. The summed E-state index contributed by atoms with van der Waals surface area (Å²) < 4.78 is 2.22. The fraction of sp³-hybridized carbons (Fsp3) is 0.385. The molecule has 0 saturated heterocycles. The van der Waals surface area contributed by atoms with E-state index in [1.165, 1.54) is 16.5 Å². The van der Waals surface area contributed by atoms with E-state index < -0.39 is 0 Å². The van der Waals surface area contributed by atoms with Gasteiger partial charge in [-0.2, -0.15) is 0 Å². The van der Waals surface area contributed by atoms with Crippen molar-refractivity contribution >= 4 is 10.9 Å². The van der Waals surface area contributed by atoms with Crippen molar-refractivity contribution in [3.63, 3.8) is 0 Å². The van der Waals surface area contributed by atoms with Crippen LogP contribution in [0.15, 0.2) is 30.5 Å². The molecule has 0 bridgehead atoms. The van der Waals surface area contributed by atoms with Crippen molar-refractivity contribution in [3.05, 3.63) is 36.0 Å². The van der Waals surface area contributed by atoms with Crippen molar-refractivity contribution in [3.8, 4) is 0 Å². The zero-order valence-electron chi connectivity index (χ0n) is 9.61. The first kappa shape index (κ1) is 11.2. The van der Waals surface area contributed by atoms with Crippen LogP contribution in [0.4, 0.5) is 0 Å². The molecule has 3 nitrogen and oxygen atoms in total. The van der Waals surface area contributed by atoms with E-state index >= 15 is 0 Å². The number of fused-ring (bicyclic) bond motifs is 1. The predicted molar refractivity (Wildman–Crippen MR) is 66.4 cm³/mol. The largest absolute Gasteiger partial charge is 0.396 e. The van der Waals surface area contributed by atoms with Gasteiger partial charge in [0.15, 0.2) is 0 Å². The molecule has 16 heavy (non-hydrogen) atoms. The van der Waals surface area contributed by atoms with E-state index in [0.717, 1.165) is 19.5 Å². The molecule has 0 amide bonds. The molecule has 3 heteroatoms. The van der Waals surface area contributed by atoms with Crippen molar-refractivity contribution in [2.24, 2.45) is 0 Å². The minimum atomic E-state index is 0.244. The number of aliphatic hydroxyl groups is 1. The number of aliphatic hydroxyl groups excluding tert-OH is 1. The van der Waals surface area contributed by atoms with Gasteiger partial charge >= 0.3 is 0 Å². The van der Waals surface area contributed by atoms with Crippen LogP contribution in [0.5, 0.6) is 0 Å². The molecule has 86 valence electrons. The molecule has 1 aromatic heterocycles. The first-order valence-electron chi connectivity index (χ1n) is 5.69. The minimum absolute atomic E-state index is 0.244. The highest BCUT2D eigenvalue weighted by molar-refractivity contribution is 5.83. The Morgan fingerprint density at radius 1 is 1.31 bits per heavy atom. The van der Waals surface area contributed by atoms with Crippen LogP contribution in [0.2, 0.25) is 0 Å². The minimum Gasteiger partial charge on any atom is -0.396 e. The number of benzene rings is 1. The molecule has 0 unspecified atom stereocenters. The number of para-hydroxylation sites is 1. The van der Waals surface area contributed by atoms with Crippen LogP contribution >= 0.6 is 0 Å².